The molecule has 0 bridgehead atoms. The number of amides is 1. The minimum Gasteiger partial charge on any atom is -0.468 e. The van der Waals surface area contributed by atoms with Crippen LogP contribution < -0.4 is 5.43 Å². The molecule has 1 aromatic carbocycles. The summed E-state index contributed by atoms with van der Waals surface area (Å²) < 4.78 is 9.15. The second-order valence-electron chi connectivity index (χ2n) is 4.63. The standard InChI is InChI=1S/C15H15Cl2N3O4/c1-8(19-20-15(22)24-3)13(14(21)23-2)11(7-18)10-5-4-9(16)6-12(10)17/h4-6,11,13H,1-3H3,(H,20,22)/b19-8+. The predicted molar refractivity (Wildman–Crippen MR) is 89.0 cm³/mol. The molecule has 1 rings (SSSR count). The fourth-order valence-electron chi connectivity index (χ4n) is 2.00. The lowest BCUT2D eigenvalue weighted by molar-refractivity contribution is -0.143. The molecule has 1 amide bonds. The molecule has 0 spiro atoms. The fourth-order valence-corrected chi connectivity index (χ4v) is 2.53. The van der Waals surface area contributed by atoms with Gasteiger partial charge < -0.3 is 9.47 Å². The lowest BCUT2D eigenvalue weighted by Gasteiger charge is -2.21. The summed E-state index contributed by atoms with van der Waals surface area (Å²) in [7, 11) is 2.36. The predicted octanol–water partition coefficient (Wildman–Crippen LogP) is 3.12. The Hall–Kier alpha value is -2.30. The maximum Gasteiger partial charge on any atom is 0.427 e. The highest BCUT2D eigenvalue weighted by Gasteiger charge is 2.34. The molecule has 0 aliphatic carbocycles. The summed E-state index contributed by atoms with van der Waals surface area (Å²) in [4.78, 5) is 23.3. The number of halogens is 2. The second kappa shape index (κ2) is 9.11. The van der Waals surface area contributed by atoms with Crippen LogP contribution in [0, 0.1) is 17.2 Å². The summed E-state index contributed by atoms with van der Waals surface area (Å²) in [6.07, 6.45) is -0.809. The number of methoxy groups -OCH3 is 2. The highest BCUT2D eigenvalue weighted by Crippen LogP contribution is 2.33. The highest BCUT2D eigenvalue weighted by molar-refractivity contribution is 6.35. The van der Waals surface area contributed by atoms with E-state index in [1.807, 2.05) is 6.07 Å². The van der Waals surface area contributed by atoms with Crippen molar-refractivity contribution in [3.8, 4) is 6.07 Å². The van der Waals surface area contributed by atoms with Crippen molar-refractivity contribution in [1.29, 1.82) is 5.26 Å². The summed E-state index contributed by atoms with van der Waals surface area (Å²) in [5, 5.41) is 14.0. The molecule has 2 unspecified atom stereocenters. The third-order valence-electron chi connectivity index (χ3n) is 3.18. The summed E-state index contributed by atoms with van der Waals surface area (Å²) in [5.41, 5.74) is 2.65. The van der Waals surface area contributed by atoms with Crippen LogP contribution in [0.1, 0.15) is 18.4 Å². The van der Waals surface area contributed by atoms with Gasteiger partial charge in [0.25, 0.3) is 0 Å². The lowest BCUT2D eigenvalue weighted by Crippen LogP contribution is -2.31. The number of esters is 1. The normalized spacial score (nSPS) is 13.4. The van der Waals surface area contributed by atoms with Crippen LogP contribution >= 0.6 is 23.2 Å². The van der Waals surface area contributed by atoms with Crippen molar-refractivity contribution in [2.24, 2.45) is 11.0 Å². The molecule has 0 aliphatic rings. The van der Waals surface area contributed by atoms with E-state index in [-0.39, 0.29) is 10.7 Å². The van der Waals surface area contributed by atoms with E-state index >= 15 is 0 Å². The minimum absolute atomic E-state index is 0.157. The molecule has 0 aromatic heterocycles. The van der Waals surface area contributed by atoms with Gasteiger partial charge in [0.2, 0.25) is 0 Å². The number of rotatable bonds is 5. The van der Waals surface area contributed by atoms with Crippen LogP contribution in [0.3, 0.4) is 0 Å². The molecular formula is C15H15Cl2N3O4. The summed E-state index contributed by atoms with van der Waals surface area (Å²) in [6, 6.07) is 6.60. The number of benzene rings is 1. The van der Waals surface area contributed by atoms with Gasteiger partial charge in [0.1, 0.15) is 5.92 Å². The minimum atomic E-state index is -1.07. The number of hydrogen-bond acceptors (Lipinski definition) is 6. The van der Waals surface area contributed by atoms with Gasteiger partial charge in [-0.25, -0.2) is 10.2 Å². The number of carbonyl (C=O) groups is 2. The molecular weight excluding hydrogens is 357 g/mol. The van der Waals surface area contributed by atoms with Gasteiger partial charge in [-0.15, -0.1) is 0 Å². The Morgan fingerprint density at radius 2 is 1.96 bits per heavy atom. The van der Waals surface area contributed by atoms with Gasteiger partial charge in [-0.1, -0.05) is 29.3 Å². The van der Waals surface area contributed by atoms with E-state index in [2.05, 4.69) is 15.3 Å². The van der Waals surface area contributed by atoms with Crippen LogP contribution in [-0.4, -0.2) is 32.0 Å². The quantitative estimate of drug-likeness (QED) is 0.486. The first-order valence-corrected chi connectivity index (χ1v) is 7.41. The molecule has 24 heavy (non-hydrogen) atoms. The van der Waals surface area contributed by atoms with Crippen LogP contribution in [0.4, 0.5) is 4.79 Å². The van der Waals surface area contributed by atoms with Crippen LogP contribution in [-0.2, 0) is 14.3 Å². The number of nitrogens with zero attached hydrogens (tertiary/aromatic N) is 2. The molecule has 0 saturated carbocycles. The molecule has 0 aliphatic heterocycles. The molecule has 1 N–H and O–H groups in total. The number of ether oxygens (including phenoxy) is 2. The zero-order chi connectivity index (χ0) is 18.3. The molecule has 7 nitrogen and oxygen atoms in total. The third kappa shape index (κ3) is 4.85. The van der Waals surface area contributed by atoms with Gasteiger partial charge in [0.15, 0.2) is 0 Å². The van der Waals surface area contributed by atoms with Gasteiger partial charge in [0.05, 0.1) is 31.9 Å². The van der Waals surface area contributed by atoms with Crippen LogP contribution in [0.2, 0.25) is 10.0 Å². The Labute approximate surface area is 149 Å². The molecule has 0 heterocycles. The van der Waals surface area contributed by atoms with E-state index in [1.165, 1.54) is 27.2 Å². The first-order valence-electron chi connectivity index (χ1n) is 6.66. The zero-order valence-corrected chi connectivity index (χ0v) is 14.7. The molecule has 128 valence electrons. The Balaban J connectivity index is 3.29. The van der Waals surface area contributed by atoms with Crippen molar-refractivity contribution in [2.45, 2.75) is 12.8 Å². The van der Waals surface area contributed by atoms with Gasteiger partial charge in [-0.05, 0) is 24.6 Å². The Kier molecular flexibility index (Phi) is 7.49. The Morgan fingerprint density at radius 3 is 2.46 bits per heavy atom. The van der Waals surface area contributed by atoms with Crippen LogP contribution in [0.15, 0.2) is 23.3 Å². The van der Waals surface area contributed by atoms with Crippen LogP contribution in [0.25, 0.3) is 0 Å². The Bertz CT molecular complexity index is 700. The molecule has 0 fully saturated rings. The second-order valence-corrected chi connectivity index (χ2v) is 5.47. The fraction of sp³-hybridized carbons (Fsp3) is 0.333. The monoisotopic (exact) mass is 371 g/mol. The van der Waals surface area contributed by atoms with Crippen molar-refractivity contribution in [1.82, 2.24) is 5.43 Å². The largest absolute Gasteiger partial charge is 0.468 e. The van der Waals surface area contributed by atoms with Gasteiger partial charge in [-0.2, -0.15) is 10.4 Å². The smallest absolute Gasteiger partial charge is 0.427 e. The number of nitriles is 1. The van der Waals surface area contributed by atoms with Crippen molar-refractivity contribution in [3.05, 3.63) is 33.8 Å². The summed E-state index contributed by atoms with van der Waals surface area (Å²) in [5.74, 6) is -2.75. The number of hydrogen-bond donors (Lipinski definition) is 1. The van der Waals surface area contributed by atoms with Gasteiger partial charge >= 0.3 is 12.1 Å². The van der Waals surface area contributed by atoms with Crippen molar-refractivity contribution in [3.63, 3.8) is 0 Å². The van der Waals surface area contributed by atoms with Crippen molar-refractivity contribution < 1.29 is 19.1 Å². The number of hydrazone groups is 1. The van der Waals surface area contributed by atoms with Crippen molar-refractivity contribution in [2.75, 3.05) is 14.2 Å². The highest BCUT2D eigenvalue weighted by atomic mass is 35.5. The lowest BCUT2D eigenvalue weighted by atomic mass is 9.84. The van der Waals surface area contributed by atoms with E-state index in [4.69, 9.17) is 27.9 Å². The molecule has 9 heteroatoms. The van der Waals surface area contributed by atoms with E-state index in [0.717, 1.165) is 0 Å². The average Bonchev–Trinajstić information content (AvgIpc) is 2.57. The van der Waals surface area contributed by atoms with E-state index < -0.39 is 23.9 Å². The first kappa shape index (κ1) is 19.7. The van der Waals surface area contributed by atoms with Gasteiger partial charge in [-0.3, -0.25) is 4.79 Å². The number of carbonyl (C=O) groups excluding carboxylic acids is 2. The summed E-state index contributed by atoms with van der Waals surface area (Å²) >= 11 is 12.0. The van der Waals surface area contributed by atoms with E-state index in [0.29, 0.717) is 10.6 Å². The topological polar surface area (TPSA) is 101 Å². The molecule has 0 saturated heterocycles. The van der Waals surface area contributed by atoms with Crippen molar-refractivity contribution >= 4 is 41.0 Å². The van der Waals surface area contributed by atoms with Gasteiger partial charge in [0, 0.05) is 10.0 Å². The molecule has 1 aromatic rings. The Morgan fingerprint density at radius 1 is 1.29 bits per heavy atom. The third-order valence-corrected chi connectivity index (χ3v) is 3.75. The van der Waals surface area contributed by atoms with E-state index in [9.17, 15) is 14.9 Å². The molecule has 0 radical (unpaired) electrons. The molecule has 2 atom stereocenters. The maximum absolute atomic E-state index is 12.2. The van der Waals surface area contributed by atoms with E-state index in [1.54, 1.807) is 12.1 Å². The first-order chi connectivity index (χ1) is 11.3. The van der Waals surface area contributed by atoms with Crippen LogP contribution in [0.5, 0.6) is 0 Å². The SMILES string of the molecule is COC(=O)N/N=C(\C)C(C(=O)OC)C(C#N)c1ccc(Cl)cc1Cl. The number of nitrogens with one attached hydrogen (secondary N) is 1. The zero-order valence-electron chi connectivity index (χ0n) is 13.2. The average molecular weight is 372 g/mol. The maximum atomic E-state index is 12.2. The summed E-state index contributed by atoms with van der Waals surface area (Å²) in [6.45, 7) is 1.48.